The standard InChI is InChI=1S/C15H24O4/c1-8-13(4,5)15(14(6,7)9-2)18-11(16)10(3)12(17)19-15/h3,8-9H2,1-2,4-7H3. The summed E-state index contributed by atoms with van der Waals surface area (Å²) in [7, 11) is 0. The number of hydrogen-bond acceptors (Lipinski definition) is 4. The molecule has 1 aliphatic rings. The fourth-order valence-corrected chi connectivity index (χ4v) is 2.42. The van der Waals surface area contributed by atoms with Gasteiger partial charge >= 0.3 is 11.9 Å². The Hall–Kier alpha value is -1.32. The van der Waals surface area contributed by atoms with E-state index in [0.717, 1.165) is 0 Å². The molecule has 1 rings (SSSR count). The second kappa shape index (κ2) is 4.66. The maximum Gasteiger partial charge on any atom is 0.348 e. The van der Waals surface area contributed by atoms with E-state index in [-0.39, 0.29) is 5.57 Å². The third kappa shape index (κ3) is 2.17. The van der Waals surface area contributed by atoms with Crippen molar-refractivity contribution in [2.45, 2.75) is 60.2 Å². The van der Waals surface area contributed by atoms with Crippen LogP contribution in [0.5, 0.6) is 0 Å². The molecule has 19 heavy (non-hydrogen) atoms. The van der Waals surface area contributed by atoms with Gasteiger partial charge in [0.2, 0.25) is 0 Å². The average Bonchev–Trinajstić information content (AvgIpc) is 2.34. The number of rotatable bonds is 4. The molecule has 0 aromatic heterocycles. The lowest BCUT2D eigenvalue weighted by atomic mass is 9.65. The van der Waals surface area contributed by atoms with E-state index >= 15 is 0 Å². The predicted molar refractivity (Wildman–Crippen MR) is 72.2 cm³/mol. The molecule has 0 spiro atoms. The summed E-state index contributed by atoms with van der Waals surface area (Å²) in [6.45, 7) is 15.2. The number of carbonyl (C=O) groups is 2. The molecule has 0 saturated carbocycles. The maximum atomic E-state index is 11.9. The van der Waals surface area contributed by atoms with Gasteiger partial charge in [-0.15, -0.1) is 0 Å². The van der Waals surface area contributed by atoms with Crippen LogP contribution in [-0.4, -0.2) is 17.7 Å². The van der Waals surface area contributed by atoms with Crippen molar-refractivity contribution in [2.75, 3.05) is 0 Å². The van der Waals surface area contributed by atoms with Gasteiger partial charge in [-0.05, 0) is 12.8 Å². The normalized spacial score (nSPS) is 20.0. The Morgan fingerprint density at radius 1 is 0.947 bits per heavy atom. The Labute approximate surface area is 115 Å². The Morgan fingerprint density at radius 3 is 1.53 bits per heavy atom. The smallest absolute Gasteiger partial charge is 0.348 e. The number of hydrogen-bond donors (Lipinski definition) is 0. The van der Waals surface area contributed by atoms with E-state index in [1.165, 1.54) is 0 Å². The van der Waals surface area contributed by atoms with Crippen LogP contribution in [-0.2, 0) is 19.1 Å². The summed E-state index contributed by atoms with van der Waals surface area (Å²) in [5.41, 5.74) is -1.22. The Kier molecular flexibility index (Phi) is 3.86. The van der Waals surface area contributed by atoms with Gasteiger partial charge in [0.05, 0.1) is 0 Å². The van der Waals surface area contributed by atoms with Gasteiger partial charge in [0.1, 0.15) is 5.57 Å². The van der Waals surface area contributed by atoms with E-state index < -0.39 is 28.6 Å². The number of cyclic esters (lactones) is 2. The lowest BCUT2D eigenvalue weighted by Gasteiger charge is -2.54. The minimum Gasteiger partial charge on any atom is -0.417 e. The van der Waals surface area contributed by atoms with Gasteiger partial charge in [0.25, 0.3) is 5.79 Å². The molecular formula is C15H24O4. The van der Waals surface area contributed by atoms with Crippen molar-refractivity contribution in [3.05, 3.63) is 12.2 Å². The van der Waals surface area contributed by atoms with Gasteiger partial charge in [-0.3, -0.25) is 0 Å². The summed E-state index contributed by atoms with van der Waals surface area (Å²) in [5, 5.41) is 0. The molecule has 0 unspecified atom stereocenters. The van der Waals surface area contributed by atoms with Crippen molar-refractivity contribution in [1.82, 2.24) is 0 Å². The molecule has 0 aliphatic carbocycles. The quantitative estimate of drug-likeness (QED) is 0.446. The lowest BCUT2D eigenvalue weighted by molar-refractivity contribution is -0.317. The van der Waals surface area contributed by atoms with E-state index in [9.17, 15) is 9.59 Å². The Morgan fingerprint density at radius 2 is 1.26 bits per heavy atom. The molecule has 4 nitrogen and oxygen atoms in total. The second-order valence-electron chi connectivity index (χ2n) is 6.35. The van der Waals surface area contributed by atoms with Gasteiger partial charge in [-0.25, -0.2) is 9.59 Å². The van der Waals surface area contributed by atoms with Crippen molar-refractivity contribution < 1.29 is 19.1 Å². The largest absolute Gasteiger partial charge is 0.417 e. The van der Waals surface area contributed by atoms with Crippen LogP contribution in [0, 0.1) is 10.8 Å². The maximum absolute atomic E-state index is 11.9. The first-order valence-electron chi connectivity index (χ1n) is 6.70. The fraction of sp³-hybridized carbons (Fsp3) is 0.733. The molecule has 1 aliphatic heterocycles. The molecule has 0 bridgehead atoms. The summed E-state index contributed by atoms with van der Waals surface area (Å²) in [4.78, 5) is 23.8. The van der Waals surface area contributed by atoms with Crippen LogP contribution >= 0.6 is 0 Å². The molecule has 1 saturated heterocycles. The van der Waals surface area contributed by atoms with Crippen LogP contribution < -0.4 is 0 Å². The predicted octanol–water partition coefficient (Wildman–Crippen LogP) is 3.21. The van der Waals surface area contributed by atoms with Crippen LogP contribution in [0.2, 0.25) is 0 Å². The Bertz CT molecular complexity index is 380. The van der Waals surface area contributed by atoms with Crippen LogP contribution in [0.1, 0.15) is 54.4 Å². The highest BCUT2D eigenvalue weighted by molar-refractivity contribution is 6.14. The zero-order valence-electron chi connectivity index (χ0n) is 12.8. The van der Waals surface area contributed by atoms with E-state index in [1.807, 2.05) is 41.5 Å². The molecule has 0 N–H and O–H groups in total. The van der Waals surface area contributed by atoms with Gasteiger partial charge in [0, 0.05) is 10.8 Å². The zero-order valence-corrected chi connectivity index (χ0v) is 12.8. The third-order valence-corrected chi connectivity index (χ3v) is 4.52. The summed E-state index contributed by atoms with van der Waals surface area (Å²) >= 11 is 0. The highest BCUT2D eigenvalue weighted by atomic mass is 16.7. The molecule has 0 amide bonds. The average molecular weight is 268 g/mol. The molecule has 108 valence electrons. The summed E-state index contributed by atoms with van der Waals surface area (Å²) < 4.78 is 11.2. The molecular weight excluding hydrogens is 244 g/mol. The van der Waals surface area contributed by atoms with Crippen LogP contribution in [0.15, 0.2) is 12.2 Å². The fourth-order valence-electron chi connectivity index (χ4n) is 2.42. The third-order valence-electron chi connectivity index (χ3n) is 4.52. The molecule has 0 radical (unpaired) electrons. The molecule has 1 heterocycles. The first-order chi connectivity index (χ1) is 8.54. The minimum absolute atomic E-state index is 0.241. The van der Waals surface area contributed by atoms with E-state index in [4.69, 9.17) is 9.47 Å². The van der Waals surface area contributed by atoms with Crippen molar-refractivity contribution in [3.63, 3.8) is 0 Å². The molecule has 0 aromatic carbocycles. The first-order valence-corrected chi connectivity index (χ1v) is 6.70. The molecule has 0 atom stereocenters. The van der Waals surface area contributed by atoms with Crippen LogP contribution in [0.25, 0.3) is 0 Å². The van der Waals surface area contributed by atoms with Crippen molar-refractivity contribution in [3.8, 4) is 0 Å². The second-order valence-corrected chi connectivity index (χ2v) is 6.35. The zero-order chi connectivity index (χ0) is 15.1. The van der Waals surface area contributed by atoms with Crippen molar-refractivity contribution in [1.29, 1.82) is 0 Å². The summed E-state index contributed by atoms with van der Waals surface area (Å²) in [6, 6.07) is 0. The Balaban J connectivity index is 3.42. The SMILES string of the molecule is C=C1C(=O)OC(C(C)(C)CC)(C(C)(C)CC)OC1=O. The summed E-state index contributed by atoms with van der Waals surface area (Å²) in [6.07, 6.45) is 1.42. The highest BCUT2D eigenvalue weighted by Gasteiger charge is 2.62. The molecule has 1 fully saturated rings. The number of ether oxygens (including phenoxy) is 2. The van der Waals surface area contributed by atoms with Crippen molar-refractivity contribution in [2.24, 2.45) is 10.8 Å². The van der Waals surface area contributed by atoms with E-state index in [2.05, 4.69) is 6.58 Å². The molecule has 4 heteroatoms. The minimum atomic E-state index is -1.27. The highest BCUT2D eigenvalue weighted by Crippen LogP contribution is 2.53. The van der Waals surface area contributed by atoms with Gasteiger partial charge < -0.3 is 9.47 Å². The van der Waals surface area contributed by atoms with E-state index in [1.54, 1.807) is 0 Å². The van der Waals surface area contributed by atoms with Crippen LogP contribution in [0.3, 0.4) is 0 Å². The van der Waals surface area contributed by atoms with Gasteiger partial charge in [0.15, 0.2) is 0 Å². The van der Waals surface area contributed by atoms with Crippen molar-refractivity contribution >= 4 is 11.9 Å². The molecule has 0 aromatic rings. The monoisotopic (exact) mass is 268 g/mol. The first kappa shape index (κ1) is 15.7. The number of esters is 2. The van der Waals surface area contributed by atoms with E-state index in [0.29, 0.717) is 12.8 Å². The van der Waals surface area contributed by atoms with Gasteiger partial charge in [-0.1, -0.05) is 48.1 Å². The lowest BCUT2D eigenvalue weighted by Crippen LogP contribution is -2.63. The van der Waals surface area contributed by atoms with Crippen LogP contribution in [0.4, 0.5) is 0 Å². The summed E-state index contributed by atoms with van der Waals surface area (Å²) in [5.74, 6) is -2.63. The van der Waals surface area contributed by atoms with Gasteiger partial charge in [-0.2, -0.15) is 0 Å². The topological polar surface area (TPSA) is 52.6 Å². The number of carbonyl (C=O) groups excluding carboxylic acids is 2.